The minimum absolute atomic E-state index is 0.0267. The number of carbonyl (C=O) groups excluding carboxylic acids is 2. The molecule has 0 aromatic rings. The average Bonchev–Trinajstić information content (AvgIpc) is 3.26. The first-order valence-electron chi connectivity index (χ1n) is 27.9. The Bertz CT molecular complexity index is 1110. The maximum atomic E-state index is 12.8. The van der Waals surface area contributed by atoms with Crippen LogP contribution in [-0.2, 0) is 32.7 Å². The molecule has 0 spiro atoms. The Balaban J connectivity index is 4.08. The van der Waals surface area contributed by atoms with Gasteiger partial charge in [0.1, 0.15) is 19.8 Å². The van der Waals surface area contributed by atoms with Crippen LogP contribution < -0.4 is 4.89 Å². The van der Waals surface area contributed by atoms with Crippen LogP contribution in [0.5, 0.6) is 0 Å². The molecule has 386 valence electrons. The van der Waals surface area contributed by atoms with Gasteiger partial charge in [0.05, 0.1) is 27.7 Å². The van der Waals surface area contributed by atoms with Crippen molar-refractivity contribution in [3.05, 3.63) is 12.2 Å². The van der Waals surface area contributed by atoms with Crippen molar-refractivity contribution in [2.24, 2.45) is 0 Å². The number of quaternary nitrogens is 1. The SMILES string of the molecule is CCCCCCCCCC/C=C\CCCCCCCCCCCCCCCCCC(=O)OC(COC(=O)CCCCCCCCCCCCCCCC)COP(=O)([O-])OCC[N+](C)(C)C. The molecule has 0 aromatic carbocycles. The van der Waals surface area contributed by atoms with Crippen LogP contribution in [0.25, 0.3) is 0 Å². The van der Waals surface area contributed by atoms with Gasteiger partial charge in [-0.1, -0.05) is 238 Å². The van der Waals surface area contributed by atoms with E-state index in [1.807, 2.05) is 21.1 Å². The van der Waals surface area contributed by atoms with E-state index in [2.05, 4.69) is 26.0 Å². The topological polar surface area (TPSA) is 111 Å². The molecule has 0 N–H and O–H groups in total. The highest BCUT2D eigenvalue weighted by Crippen LogP contribution is 2.38. The molecule has 0 saturated carbocycles. The van der Waals surface area contributed by atoms with Crippen molar-refractivity contribution in [2.45, 2.75) is 283 Å². The Hall–Kier alpha value is -1.25. The maximum Gasteiger partial charge on any atom is 0.306 e. The first-order valence-corrected chi connectivity index (χ1v) is 29.4. The lowest BCUT2D eigenvalue weighted by Crippen LogP contribution is -2.37. The summed E-state index contributed by atoms with van der Waals surface area (Å²) < 4.78 is 34.1. The number of phosphoric ester groups is 1. The zero-order valence-corrected chi connectivity index (χ0v) is 44.6. The van der Waals surface area contributed by atoms with Crippen molar-refractivity contribution < 1.29 is 42.1 Å². The lowest BCUT2D eigenvalue weighted by Gasteiger charge is -2.28. The summed E-state index contributed by atoms with van der Waals surface area (Å²) in [6.45, 7) is 4.28. The molecule has 2 unspecified atom stereocenters. The van der Waals surface area contributed by atoms with E-state index in [1.54, 1.807) is 0 Å². The monoisotopic (exact) mass is 942 g/mol. The number of likely N-dealkylation sites (N-methyl/N-ethyl adjacent to an activating group) is 1. The van der Waals surface area contributed by atoms with Crippen molar-refractivity contribution in [1.29, 1.82) is 0 Å². The molecule has 0 aliphatic rings. The number of phosphoric acid groups is 1. The van der Waals surface area contributed by atoms with Crippen LogP contribution in [0.4, 0.5) is 0 Å². The van der Waals surface area contributed by atoms with Gasteiger partial charge in [0.25, 0.3) is 7.82 Å². The first kappa shape index (κ1) is 63.8. The van der Waals surface area contributed by atoms with Crippen LogP contribution >= 0.6 is 7.82 Å². The van der Waals surface area contributed by atoms with E-state index < -0.39 is 26.5 Å². The molecule has 0 radical (unpaired) electrons. The Labute approximate surface area is 403 Å². The summed E-state index contributed by atoms with van der Waals surface area (Å²) in [4.78, 5) is 37.7. The molecule has 0 amide bonds. The van der Waals surface area contributed by atoms with E-state index in [4.69, 9.17) is 18.5 Å². The summed E-state index contributed by atoms with van der Waals surface area (Å²) in [5.41, 5.74) is 0. The number of carbonyl (C=O) groups is 2. The van der Waals surface area contributed by atoms with Gasteiger partial charge in [-0.05, 0) is 38.5 Å². The van der Waals surface area contributed by atoms with E-state index in [9.17, 15) is 19.0 Å². The Morgan fingerprint density at radius 1 is 0.462 bits per heavy atom. The van der Waals surface area contributed by atoms with Gasteiger partial charge < -0.3 is 27.9 Å². The minimum Gasteiger partial charge on any atom is -0.756 e. The molecular formula is C55H108NO8P. The summed E-state index contributed by atoms with van der Waals surface area (Å²) in [7, 11) is 1.18. The van der Waals surface area contributed by atoms with Crippen LogP contribution in [0.2, 0.25) is 0 Å². The van der Waals surface area contributed by atoms with Gasteiger partial charge in [-0.2, -0.15) is 0 Å². The van der Waals surface area contributed by atoms with E-state index in [0.717, 1.165) is 32.1 Å². The number of nitrogens with zero attached hydrogens (tertiary/aromatic N) is 1. The third-order valence-corrected chi connectivity index (χ3v) is 13.5. The third kappa shape index (κ3) is 52.0. The molecule has 0 saturated heterocycles. The molecule has 0 aliphatic carbocycles. The van der Waals surface area contributed by atoms with Gasteiger partial charge in [0.15, 0.2) is 6.10 Å². The number of rotatable bonds is 52. The normalized spacial score (nSPS) is 13.4. The zero-order valence-electron chi connectivity index (χ0n) is 43.7. The lowest BCUT2D eigenvalue weighted by atomic mass is 10.0. The second kappa shape index (κ2) is 47.8. The van der Waals surface area contributed by atoms with E-state index >= 15 is 0 Å². The summed E-state index contributed by atoms with van der Waals surface area (Å²) in [6, 6.07) is 0. The van der Waals surface area contributed by atoms with Gasteiger partial charge >= 0.3 is 11.9 Å². The standard InChI is InChI=1S/C55H108NO8P/c1-6-8-10-12-14-16-18-20-22-23-24-25-26-27-28-29-30-31-32-33-34-36-38-40-42-44-46-48-55(58)64-53(52-63-65(59,60)62-50-49-56(3,4)5)51-61-54(57)47-45-43-41-39-37-35-21-19-17-15-13-11-9-7-2/h23-24,53H,6-22,25-52H2,1-5H3/b24-23-. The highest BCUT2D eigenvalue weighted by atomic mass is 31.2. The molecule has 10 heteroatoms. The Kier molecular flexibility index (Phi) is 46.9. The summed E-state index contributed by atoms with van der Waals surface area (Å²) in [5.74, 6) is -0.816. The zero-order chi connectivity index (χ0) is 47.8. The molecular weight excluding hydrogens is 834 g/mol. The van der Waals surface area contributed by atoms with Crippen molar-refractivity contribution >= 4 is 19.8 Å². The van der Waals surface area contributed by atoms with Gasteiger partial charge in [-0.15, -0.1) is 0 Å². The number of hydrogen-bond acceptors (Lipinski definition) is 8. The van der Waals surface area contributed by atoms with Crippen LogP contribution in [0, 0.1) is 0 Å². The van der Waals surface area contributed by atoms with Crippen molar-refractivity contribution in [3.63, 3.8) is 0 Å². The average molecular weight is 942 g/mol. The fourth-order valence-electron chi connectivity index (χ4n) is 8.18. The molecule has 9 nitrogen and oxygen atoms in total. The molecule has 0 aromatic heterocycles. The Morgan fingerprint density at radius 3 is 1.14 bits per heavy atom. The van der Waals surface area contributed by atoms with Crippen molar-refractivity contribution in [2.75, 3.05) is 47.5 Å². The summed E-state index contributed by atoms with van der Waals surface area (Å²) >= 11 is 0. The number of unbranched alkanes of at least 4 members (excludes halogenated alkanes) is 36. The quantitative estimate of drug-likeness (QED) is 0.0195. The van der Waals surface area contributed by atoms with Gasteiger partial charge in [-0.25, -0.2) is 0 Å². The van der Waals surface area contributed by atoms with E-state index in [1.165, 1.54) is 212 Å². The summed E-state index contributed by atoms with van der Waals surface area (Å²) in [6.07, 6.45) is 54.0. The number of esters is 2. The number of allylic oxidation sites excluding steroid dienone is 2. The molecule has 0 heterocycles. The minimum atomic E-state index is -4.63. The second-order valence-corrected chi connectivity index (χ2v) is 21.7. The van der Waals surface area contributed by atoms with Gasteiger partial charge in [0.2, 0.25) is 0 Å². The maximum absolute atomic E-state index is 12.8. The first-order chi connectivity index (χ1) is 31.5. The van der Waals surface area contributed by atoms with E-state index in [0.29, 0.717) is 17.4 Å². The lowest BCUT2D eigenvalue weighted by molar-refractivity contribution is -0.870. The van der Waals surface area contributed by atoms with Crippen LogP contribution in [0.1, 0.15) is 277 Å². The molecule has 0 fully saturated rings. The smallest absolute Gasteiger partial charge is 0.306 e. The predicted octanol–water partition coefficient (Wildman–Crippen LogP) is 16.2. The van der Waals surface area contributed by atoms with Crippen LogP contribution in [0.3, 0.4) is 0 Å². The molecule has 2 atom stereocenters. The molecule has 0 rings (SSSR count). The number of ether oxygens (including phenoxy) is 2. The highest BCUT2D eigenvalue weighted by Gasteiger charge is 2.22. The molecule has 0 bridgehead atoms. The Morgan fingerprint density at radius 2 is 0.785 bits per heavy atom. The van der Waals surface area contributed by atoms with E-state index in [-0.39, 0.29) is 32.0 Å². The van der Waals surface area contributed by atoms with Crippen molar-refractivity contribution in [3.8, 4) is 0 Å². The second-order valence-electron chi connectivity index (χ2n) is 20.3. The fraction of sp³-hybridized carbons (Fsp3) is 0.927. The summed E-state index contributed by atoms with van der Waals surface area (Å²) in [5, 5.41) is 0. The van der Waals surface area contributed by atoms with Crippen LogP contribution in [-0.4, -0.2) is 70.0 Å². The van der Waals surface area contributed by atoms with Gasteiger partial charge in [0, 0.05) is 12.8 Å². The van der Waals surface area contributed by atoms with Gasteiger partial charge in [-0.3, -0.25) is 14.2 Å². The van der Waals surface area contributed by atoms with Crippen LogP contribution in [0.15, 0.2) is 12.2 Å². The highest BCUT2D eigenvalue weighted by molar-refractivity contribution is 7.45. The van der Waals surface area contributed by atoms with Crippen molar-refractivity contribution in [1.82, 2.24) is 0 Å². The molecule has 0 aliphatic heterocycles. The molecule has 65 heavy (non-hydrogen) atoms. The number of hydrogen-bond donors (Lipinski definition) is 0. The third-order valence-electron chi connectivity index (χ3n) is 12.5. The fourth-order valence-corrected chi connectivity index (χ4v) is 8.91. The predicted molar refractivity (Wildman–Crippen MR) is 273 cm³/mol. The largest absolute Gasteiger partial charge is 0.756 e.